The van der Waals surface area contributed by atoms with Crippen molar-refractivity contribution in [1.82, 2.24) is 9.80 Å². The minimum atomic E-state index is -0.371. The molecular weight excluding hydrogens is 556 g/mol. The summed E-state index contributed by atoms with van der Waals surface area (Å²) in [5, 5.41) is 0. The SMILES string of the molecule is CCCN(CCC)C(=O)C1=Cc2ccc(-c3ccc(CN(C)CC(C)(C)OCCC(C)(C)C=O)c(S)c3)cc2N=C(N)C1. The van der Waals surface area contributed by atoms with E-state index in [0.717, 1.165) is 78.1 Å². The molecule has 1 heterocycles. The first-order valence-electron chi connectivity index (χ1n) is 15.4. The molecule has 0 bridgehead atoms. The summed E-state index contributed by atoms with van der Waals surface area (Å²) in [6.45, 7) is 15.7. The van der Waals surface area contributed by atoms with Crippen LogP contribution in [0.1, 0.15) is 78.4 Å². The van der Waals surface area contributed by atoms with Crippen LogP contribution in [0.5, 0.6) is 0 Å². The molecule has 2 aromatic rings. The number of thiol groups is 1. The van der Waals surface area contributed by atoms with Gasteiger partial charge in [-0.1, -0.05) is 52.0 Å². The van der Waals surface area contributed by atoms with Crippen molar-refractivity contribution in [2.75, 3.05) is 33.3 Å². The molecule has 0 spiro atoms. The molecule has 0 aliphatic carbocycles. The van der Waals surface area contributed by atoms with E-state index >= 15 is 0 Å². The largest absolute Gasteiger partial charge is 0.387 e. The zero-order valence-corrected chi connectivity index (χ0v) is 28.0. The number of benzene rings is 2. The molecule has 1 aliphatic rings. The van der Waals surface area contributed by atoms with E-state index in [0.29, 0.717) is 30.9 Å². The minimum Gasteiger partial charge on any atom is -0.387 e. The van der Waals surface area contributed by atoms with E-state index in [1.54, 1.807) is 0 Å². The van der Waals surface area contributed by atoms with Gasteiger partial charge in [0.25, 0.3) is 0 Å². The van der Waals surface area contributed by atoms with Crippen LogP contribution in [0.2, 0.25) is 0 Å². The molecule has 0 saturated heterocycles. The average molecular weight is 607 g/mol. The molecule has 0 radical (unpaired) electrons. The first-order valence-corrected chi connectivity index (χ1v) is 15.8. The van der Waals surface area contributed by atoms with Crippen LogP contribution in [0.25, 0.3) is 17.2 Å². The maximum Gasteiger partial charge on any atom is 0.250 e. The first-order chi connectivity index (χ1) is 20.3. The third-order valence-electron chi connectivity index (χ3n) is 7.61. The molecule has 43 heavy (non-hydrogen) atoms. The number of aliphatic imine (C=N–C) groups is 1. The van der Waals surface area contributed by atoms with E-state index in [2.05, 4.69) is 68.9 Å². The highest BCUT2D eigenvalue weighted by atomic mass is 32.1. The minimum absolute atomic E-state index is 0.0378. The lowest BCUT2D eigenvalue weighted by molar-refractivity contribution is -0.127. The summed E-state index contributed by atoms with van der Waals surface area (Å²) in [5.41, 5.74) is 11.1. The Kier molecular flexibility index (Phi) is 12.2. The highest BCUT2D eigenvalue weighted by molar-refractivity contribution is 7.80. The van der Waals surface area contributed by atoms with Crippen LogP contribution in [0.4, 0.5) is 5.69 Å². The van der Waals surface area contributed by atoms with Gasteiger partial charge in [0.2, 0.25) is 5.91 Å². The fourth-order valence-corrected chi connectivity index (χ4v) is 5.62. The van der Waals surface area contributed by atoms with Gasteiger partial charge in [0.1, 0.15) is 12.1 Å². The molecule has 7 nitrogen and oxygen atoms in total. The fraction of sp³-hybridized carbons (Fsp3) is 0.514. The van der Waals surface area contributed by atoms with Gasteiger partial charge in [-0.15, -0.1) is 12.6 Å². The quantitative estimate of drug-likeness (QED) is 0.170. The van der Waals surface area contributed by atoms with Gasteiger partial charge in [-0.2, -0.15) is 0 Å². The standard InChI is InChI=1S/C35H50N4O3S/c1-8-15-39(16-9-2)33(41)29-18-27-12-10-25(19-30(27)37-32(36)21-29)26-11-13-28(31(43)20-26)22-38(7)23-35(5,6)42-17-14-34(3,4)24-40/h10-13,18-20,24,43H,8-9,14-17,21-23H2,1-7H3,(H2,36,37). The number of nitrogens with zero attached hydrogens (tertiary/aromatic N) is 3. The zero-order valence-electron chi connectivity index (χ0n) is 27.1. The maximum atomic E-state index is 13.3. The molecule has 1 amide bonds. The van der Waals surface area contributed by atoms with Crippen LogP contribution < -0.4 is 5.73 Å². The number of carbonyl (C=O) groups excluding carboxylic acids is 2. The number of amides is 1. The van der Waals surface area contributed by atoms with Gasteiger partial charge in [0.15, 0.2) is 0 Å². The second kappa shape index (κ2) is 15.2. The van der Waals surface area contributed by atoms with Gasteiger partial charge >= 0.3 is 0 Å². The predicted octanol–water partition coefficient (Wildman–Crippen LogP) is 6.91. The summed E-state index contributed by atoms with van der Waals surface area (Å²) in [6.07, 6.45) is 5.80. The van der Waals surface area contributed by atoms with E-state index in [1.807, 2.05) is 37.0 Å². The molecule has 0 fully saturated rings. The van der Waals surface area contributed by atoms with Crippen molar-refractivity contribution in [2.45, 2.75) is 84.3 Å². The normalized spacial score (nSPS) is 13.7. The monoisotopic (exact) mass is 606 g/mol. The van der Waals surface area contributed by atoms with Gasteiger partial charge in [-0.25, -0.2) is 4.99 Å². The number of likely N-dealkylation sites (N-methyl/N-ethyl adjacent to an activating group) is 1. The van der Waals surface area contributed by atoms with E-state index in [1.165, 1.54) is 0 Å². The highest BCUT2D eigenvalue weighted by Gasteiger charge is 2.24. The lowest BCUT2D eigenvalue weighted by Gasteiger charge is -2.32. The van der Waals surface area contributed by atoms with Crippen LogP contribution >= 0.6 is 12.6 Å². The van der Waals surface area contributed by atoms with Gasteiger partial charge < -0.3 is 20.2 Å². The zero-order chi connectivity index (χ0) is 31.8. The average Bonchev–Trinajstić information content (AvgIpc) is 3.10. The van der Waals surface area contributed by atoms with Crippen LogP contribution in [0, 0.1) is 5.41 Å². The number of fused-ring (bicyclic) bond motifs is 1. The summed E-state index contributed by atoms with van der Waals surface area (Å²) >= 11 is 4.83. The predicted molar refractivity (Wildman–Crippen MR) is 181 cm³/mol. The highest BCUT2D eigenvalue weighted by Crippen LogP contribution is 2.33. The van der Waals surface area contributed by atoms with Crippen LogP contribution in [0.3, 0.4) is 0 Å². The number of hydrogen-bond acceptors (Lipinski definition) is 7. The summed E-state index contributed by atoms with van der Waals surface area (Å²) < 4.78 is 6.13. The number of ether oxygens (including phenoxy) is 1. The van der Waals surface area contributed by atoms with Crippen molar-refractivity contribution in [2.24, 2.45) is 16.1 Å². The Labute approximate surface area is 264 Å². The molecule has 1 aliphatic heterocycles. The summed E-state index contributed by atoms with van der Waals surface area (Å²) in [5.74, 6) is 0.479. The van der Waals surface area contributed by atoms with Crippen LogP contribution in [0.15, 0.2) is 51.9 Å². The molecule has 8 heteroatoms. The van der Waals surface area contributed by atoms with Crippen LogP contribution in [-0.2, 0) is 20.9 Å². The Morgan fingerprint density at radius 2 is 1.72 bits per heavy atom. The Hall–Kier alpha value is -2.94. The van der Waals surface area contributed by atoms with Crippen molar-refractivity contribution in [3.05, 3.63) is 53.1 Å². The number of hydrogen-bond donors (Lipinski definition) is 2. The Balaban J connectivity index is 1.73. The van der Waals surface area contributed by atoms with Gasteiger partial charge in [-0.3, -0.25) is 9.69 Å². The van der Waals surface area contributed by atoms with Crippen molar-refractivity contribution < 1.29 is 14.3 Å². The lowest BCUT2D eigenvalue weighted by atomic mass is 9.92. The van der Waals surface area contributed by atoms with E-state index < -0.39 is 0 Å². The Morgan fingerprint density at radius 3 is 2.35 bits per heavy atom. The summed E-state index contributed by atoms with van der Waals surface area (Å²) in [4.78, 5) is 34.2. The van der Waals surface area contributed by atoms with Gasteiger partial charge in [-0.05, 0) is 75.1 Å². The summed E-state index contributed by atoms with van der Waals surface area (Å²) in [7, 11) is 2.08. The third kappa shape index (κ3) is 10.1. The van der Waals surface area contributed by atoms with Gasteiger partial charge in [0, 0.05) is 60.7 Å². The summed E-state index contributed by atoms with van der Waals surface area (Å²) in [6, 6.07) is 12.4. The van der Waals surface area contributed by atoms with E-state index in [4.69, 9.17) is 23.1 Å². The first kappa shape index (κ1) is 34.5. The molecule has 3 rings (SSSR count). The second-order valence-electron chi connectivity index (χ2n) is 13.0. The number of carbonyl (C=O) groups is 2. The van der Waals surface area contributed by atoms with Gasteiger partial charge in [0.05, 0.1) is 11.3 Å². The fourth-order valence-electron chi connectivity index (χ4n) is 5.33. The molecular formula is C35H50N4O3S. The molecule has 2 aromatic carbocycles. The molecule has 0 saturated carbocycles. The van der Waals surface area contributed by atoms with Crippen LogP contribution in [-0.4, -0.2) is 66.7 Å². The second-order valence-corrected chi connectivity index (χ2v) is 13.5. The molecule has 2 N–H and O–H groups in total. The molecule has 234 valence electrons. The van der Waals surface area contributed by atoms with Crippen molar-refractivity contribution >= 4 is 42.4 Å². The number of rotatable bonds is 15. The lowest BCUT2D eigenvalue weighted by Crippen LogP contribution is -2.39. The van der Waals surface area contributed by atoms with Crippen molar-refractivity contribution in [3.63, 3.8) is 0 Å². The number of aldehydes is 1. The Morgan fingerprint density at radius 1 is 1.07 bits per heavy atom. The smallest absolute Gasteiger partial charge is 0.250 e. The molecule has 0 unspecified atom stereocenters. The maximum absolute atomic E-state index is 13.3. The van der Waals surface area contributed by atoms with E-state index in [-0.39, 0.29) is 16.9 Å². The molecule has 0 aromatic heterocycles. The van der Waals surface area contributed by atoms with E-state index in [9.17, 15) is 9.59 Å². The molecule has 0 atom stereocenters. The Bertz CT molecular complexity index is 1340. The number of nitrogens with two attached hydrogens (primary N) is 1. The topological polar surface area (TPSA) is 88.2 Å². The third-order valence-corrected chi connectivity index (χ3v) is 8.03. The van der Waals surface area contributed by atoms with Crippen molar-refractivity contribution in [1.29, 1.82) is 0 Å². The number of amidine groups is 1. The van der Waals surface area contributed by atoms with Crippen molar-refractivity contribution in [3.8, 4) is 11.1 Å².